The normalized spacial score (nSPS) is 10.0. The van der Waals surface area contributed by atoms with Gasteiger partial charge in [-0.05, 0) is 95.7 Å². The van der Waals surface area contributed by atoms with Gasteiger partial charge in [0.1, 0.15) is 11.4 Å². The maximum absolute atomic E-state index is 4.91. The Morgan fingerprint density at radius 2 is 0.574 bits per heavy atom. The monoisotopic (exact) mass is 1010 g/mol. The van der Waals surface area contributed by atoms with Gasteiger partial charge in [-0.25, -0.2) is 9.97 Å². The van der Waals surface area contributed by atoms with Crippen LogP contribution in [0.2, 0.25) is 0 Å². The average molecular weight is 1010 g/mol. The number of pyridine rings is 6. The van der Waals surface area contributed by atoms with Gasteiger partial charge >= 0.3 is 54.8 Å². The third kappa shape index (κ3) is 11.2. The van der Waals surface area contributed by atoms with Crippen LogP contribution in [-0.2, 0) is 36.0 Å². The molecular formula is C42H30Cl2N8PtRu+2. The molecule has 0 fully saturated rings. The molecule has 0 amide bonds. The van der Waals surface area contributed by atoms with Crippen LogP contribution >= 0.6 is 18.8 Å². The van der Waals surface area contributed by atoms with E-state index < -0.39 is 16.5 Å². The van der Waals surface area contributed by atoms with E-state index in [9.17, 15) is 0 Å². The Balaban J connectivity index is 0.000000167. The van der Waals surface area contributed by atoms with E-state index in [1.165, 1.54) is 0 Å². The molecule has 9 aromatic rings. The molecule has 0 atom stereocenters. The van der Waals surface area contributed by atoms with Crippen molar-refractivity contribution in [2.24, 2.45) is 0 Å². The molecule has 9 rings (SSSR count). The second-order valence-corrected chi connectivity index (χ2v) is 14.2. The van der Waals surface area contributed by atoms with Crippen LogP contribution in [0.15, 0.2) is 183 Å². The molecule has 7 aromatic heterocycles. The molecule has 12 heteroatoms. The van der Waals surface area contributed by atoms with Gasteiger partial charge in [-0.15, -0.1) is 0 Å². The number of halogens is 2. The van der Waals surface area contributed by atoms with Crippen molar-refractivity contribution in [2.45, 2.75) is 0 Å². The molecular weight excluding hydrogens is 984 g/mol. The summed E-state index contributed by atoms with van der Waals surface area (Å²) in [6.45, 7) is 0. The Morgan fingerprint density at radius 1 is 0.333 bits per heavy atom. The van der Waals surface area contributed by atoms with E-state index in [1.807, 2.05) is 121 Å². The van der Waals surface area contributed by atoms with Crippen LogP contribution < -0.4 is 0 Å². The van der Waals surface area contributed by atoms with Crippen molar-refractivity contribution in [3.8, 4) is 45.6 Å². The van der Waals surface area contributed by atoms with Gasteiger partial charge in [0.15, 0.2) is 0 Å². The van der Waals surface area contributed by atoms with Crippen LogP contribution in [0.1, 0.15) is 0 Å². The van der Waals surface area contributed by atoms with Gasteiger partial charge in [0.2, 0.25) is 0 Å². The van der Waals surface area contributed by atoms with Crippen molar-refractivity contribution in [3.63, 3.8) is 0 Å². The molecule has 0 aliphatic carbocycles. The predicted octanol–water partition coefficient (Wildman–Crippen LogP) is 10.6. The zero-order valence-electron chi connectivity index (χ0n) is 28.3. The van der Waals surface area contributed by atoms with Gasteiger partial charge in [0.25, 0.3) is 0 Å². The molecule has 0 N–H and O–H groups in total. The molecule has 0 saturated carbocycles. The number of benzene rings is 2. The number of rotatable bonds is 4. The Kier molecular flexibility index (Phi) is 15.9. The molecule has 54 heavy (non-hydrogen) atoms. The molecule has 0 radical (unpaired) electrons. The summed E-state index contributed by atoms with van der Waals surface area (Å²) < 4.78 is 0. The summed E-state index contributed by atoms with van der Waals surface area (Å²) in [4.78, 5) is 35.5. The minimum absolute atomic E-state index is 0. The van der Waals surface area contributed by atoms with Crippen molar-refractivity contribution in [2.75, 3.05) is 0 Å². The van der Waals surface area contributed by atoms with Gasteiger partial charge in [0.05, 0.1) is 45.2 Å². The van der Waals surface area contributed by atoms with Gasteiger partial charge in [-0.2, -0.15) is 0 Å². The van der Waals surface area contributed by atoms with E-state index in [1.54, 1.807) is 37.2 Å². The minimum Gasteiger partial charge on any atom is -0.255 e. The van der Waals surface area contributed by atoms with Crippen LogP contribution in [0.25, 0.3) is 67.4 Å². The van der Waals surface area contributed by atoms with Crippen molar-refractivity contribution in [1.29, 1.82) is 0 Å². The number of nitrogens with zero attached hydrogens (tertiary/aromatic N) is 8. The average Bonchev–Trinajstić information content (AvgIpc) is 3.25. The van der Waals surface area contributed by atoms with Crippen molar-refractivity contribution >= 4 is 40.6 Å². The quantitative estimate of drug-likeness (QED) is 0.127. The molecule has 8 nitrogen and oxygen atoms in total. The van der Waals surface area contributed by atoms with Crippen LogP contribution in [-0.4, -0.2) is 39.9 Å². The fourth-order valence-electron chi connectivity index (χ4n) is 5.16. The summed E-state index contributed by atoms with van der Waals surface area (Å²) in [5, 5.41) is 2.29. The molecule has 0 spiro atoms. The van der Waals surface area contributed by atoms with Crippen LogP contribution in [0.4, 0.5) is 0 Å². The Morgan fingerprint density at radius 3 is 0.815 bits per heavy atom. The predicted molar refractivity (Wildman–Crippen MR) is 210 cm³/mol. The topological polar surface area (TPSA) is 103 Å². The van der Waals surface area contributed by atoms with Crippen molar-refractivity contribution < 1.29 is 36.0 Å². The molecule has 268 valence electrons. The first-order valence-corrected chi connectivity index (χ1v) is 21.9. The van der Waals surface area contributed by atoms with Gasteiger partial charge in [0, 0.05) is 37.2 Å². The van der Waals surface area contributed by atoms with E-state index in [0.29, 0.717) is 0 Å². The van der Waals surface area contributed by atoms with Crippen LogP contribution in [0, 0.1) is 0 Å². The third-order valence-electron chi connectivity index (χ3n) is 7.53. The molecule has 0 bridgehead atoms. The van der Waals surface area contributed by atoms with E-state index in [-0.39, 0.29) is 19.5 Å². The minimum atomic E-state index is -0.472. The SMILES string of the molecule is [Cl][Pt][Cl].[Ru+2].c1ccc(-c2ccccn2)nc1.c1ccc(-c2ccccn2)nc1.c1ccc(-c2nc3cc4ccccc4cc3nc2-c2ccccn2)nc1. The largest absolute Gasteiger partial charge is 2.00 e. The number of fused-ring (bicyclic) bond motifs is 2. The maximum Gasteiger partial charge on any atom is 2.00 e. The summed E-state index contributed by atoms with van der Waals surface area (Å²) in [6, 6.07) is 47.2. The molecule has 2 aromatic carbocycles. The van der Waals surface area contributed by atoms with E-state index in [0.717, 1.165) is 67.4 Å². The molecule has 0 aliphatic heterocycles. The van der Waals surface area contributed by atoms with Gasteiger partial charge < -0.3 is 0 Å². The Bertz CT molecular complexity index is 2190. The second-order valence-electron chi connectivity index (χ2n) is 10.9. The fraction of sp³-hybridized carbons (Fsp3) is 0. The fourth-order valence-corrected chi connectivity index (χ4v) is 5.16. The van der Waals surface area contributed by atoms with Crippen molar-refractivity contribution in [1.82, 2.24) is 39.9 Å². The van der Waals surface area contributed by atoms with Gasteiger partial charge in [-0.3, -0.25) is 29.9 Å². The summed E-state index contributed by atoms with van der Waals surface area (Å²) >= 11 is -0.472. The molecule has 0 unspecified atom stereocenters. The summed E-state index contributed by atoms with van der Waals surface area (Å²) in [5.74, 6) is 0. The smallest absolute Gasteiger partial charge is 0.255 e. The molecule has 7 heterocycles. The van der Waals surface area contributed by atoms with Crippen LogP contribution in [0.3, 0.4) is 0 Å². The second kappa shape index (κ2) is 21.5. The number of aromatic nitrogens is 8. The molecule has 0 saturated heterocycles. The number of hydrogen-bond acceptors (Lipinski definition) is 8. The van der Waals surface area contributed by atoms with Crippen LogP contribution in [0.5, 0.6) is 0 Å². The summed E-state index contributed by atoms with van der Waals surface area (Å²) in [6.07, 6.45) is 10.6. The Labute approximate surface area is 342 Å². The summed E-state index contributed by atoms with van der Waals surface area (Å²) in [5.41, 5.74) is 8.42. The first kappa shape index (κ1) is 40.0. The standard InChI is InChI=1S/C22H14N4.2C10H8N2.2ClH.Pt.Ru/c1-2-8-16-14-20-19(13-15(16)7-1)25-21(17-9-3-5-11-23-17)22(26-20)18-10-4-6-12-24-18;2*1-3-7-11-9(5-1)10-6-2-4-8-12-10;;;;/h1-14H;2*1-8H;2*1H;;/q;;;;;2*+2/p-2. The number of hydrogen-bond donors (Lipinski definition) is 0. The zero-order valence-corrected chi connectivity index (χ0v) is 33.8. The molecule has 0 aliphatic rings. The third-order valence-corrected chi connectivity index (χ3v) is 7.53. The van der Waals surface area contributed by atoms with E-state index in [2.05, 4.69) is 54.2 Å². The van der Waals surface area contributed by atoms with Crippen molar-refractivity contribution in [3.05, 3.63) is 183 Å². The van der Waals surface area contributed by atoms with Gasteiger partial charge in [-0.1, -0.05) is 60.7 Å². The first-order chi connectivity index (χ1) is 26.2. The summed E-state index contributed by atoms with van der Waals surface area (Å²) in [7, 11) is 9.75. The van der Waals surface area contributed by atoms with E-state index in [4.69, 9.17) is 28.8 Å². The Hall–Kier alpha value is -5.17. The zero-order chi connectivity index (χ0) is 36.5. The van der Waals surface area contributed by atoms with E-state index >= 15 is 0 Å². The first-order valence-electron chi connectivity index (χ1n) is 16.2. The maximum atomic E-state index is 4.91.